The molecule has 0 bridgehead atoms. The van der Waals surface area contributed by atoms with Gasteiger partial charge in [-0.1, -0.05) is 0 Å². The summed E-state index contributed by atoms with van der Waals surface area (Å²) in [6, 6.07) is -0.0673. The van der Waals surface area contributed by atoms with Crippen molar-refractivity contribution >= 4 is 6.03 Å². The van der Waals surface area contributed by atoms with Gasteiger partial charge in [0, 0.05) is 37.8 Å². The van der Waals surface area contributed by atoms with E-state index in [1.165, 1.54) is 0 Å². The zero-order valence-corrected chi connectivity index (χ0v) is 11.5. The molecule has 2 amide bonds. The van der Waals surface area contributed by atoms with Crippen LogP contribution in [0.25, 0.3) is 0 Å². The first kappa shape index (κ1) is 15.2. The highest BCUT2D eigenvalue weighted by Crippen LogP contribution is 2.10. The lowest BCUT2D eigenvalue weighted by atomic mass is 10.1. The summed E-state index contributed by atoms with van der Waals surface area (Å²) < 4.78 is 13.1. The second-order valence-electron chi connectivity index (χ2n) is 5.93. The van der Waals surface area contributed by atoms with Crippen molar-refractivity contribution in [1.82, 2.24) is 15.5 Å². The highest BCUT2D eigenvalue weighted by molar-refractivity contribution is 5.75. The maximum atomic E-state index is 13.1. The number of rotatable bonds is 4. The van der Waals surface area contributed by atoms with Crippen LogP contribution in [0.4, 0.5) is 9.18 Å². The Hall–Kier alpha value is -0.880. The van der Waals surface area contributed by atoms with Crippen LogP contribution in [-0.4, -0.2) is 54.9 Å². The fraction of sp³-hybridized carbons (Fsp3) is 0.917. The fourth-order valence-electron chi connectivity index (χ4n) is 2.03. The number of nitrogens with two attached hydrogens (primary N) is 1. The molecular formula is C12H25FN4O. The maximum Gasteiger partial charge on any atom is 0.315 e. The van der Waals surface area contributed by atoms with E-state index in [0.29, 0.717) is 13.1 Å². The first-order chi connectivity index (χ1) is 8.30. The van der Waals surface area contributed by atoms with Gasteiger partial charge in [-0.25, -0.2) is 9.18 Å². The zero-order valence-electron chi connectivity index (χ0n) is 11.5. The Balaban J connectivity index is 2.28. The summed E-state index contributed by atoms with van der Waals surface area (Å²) in [7, 11) is 0. The van der Waals surface area contributed by atoms with Gasteiger partial charge in [-0.3, -0.25) is 4.90 Å². The van der Waals surface area contributed by atoms with E-state index < -0.39 is 6.17 Å². The van der Waals surface area contributed by atoms with Gasteiger partial charge in [0.2, 0.25) is 0 Å². The van der Waals surface area contributed by atoms with Crippen molar-refractivity contribution < 1.29 is 9.18 Å². The summed E-state index contributed by atoms with van der Waals surface area (Å²) in [5.74, 6) is 0. The van der Waals surface area contributed by atoms with Crippen LogP contribution in [-0.2, 0) is 0 Å². The van der Waals surface area contributed by atoms with Crippen LogP contribution in [0.15, 0.2) is 0 Å². The first-order valence-electron chi connectivity index (χ1n) is 6.45. The van der Waals surface area contributed by atoms with Gasteiger partial charge in [0.05, 0.1) is 0 Å². The Morgan fingerprint density at radius 3 is 2.78 bits per heavy atom. The molecule has 1 aliphatic heterocycles. The molecule has 1 aliphatic rings. The van der Waals surface area contributed by atoms with Crippen LogP contribution in [0.2, 0.25) is 0 Å². The summed E-state index contributed by atoms with van der Waals surface area (Å²) in [4.78, 5) is 13.7. The Kier molecular flexibility index (Phi) is 5.34. The van der Waals surface area contributed by atoms with Gasteiger partial charge in [-0.05, 0) is 27.2 Å². The van der Waals surface area contributed by atoms with Gasteiger partial charge in [0.25, 0.3) is 0 Å². The number of amides is 2. The summed E-state index contributed by atoms with van der Waals surface area (Å²) >= 11 is 0. The molecule has 6 heteroatoms. The summed E-state index contributed by atoms with van der Waals surface area (Å²) in [6.07, 6.45) is -0.123. The topological polar surface area (TPSA) is 70.4 Å². The third-order valence-electron chi connectivity index (χ3n) is 2.81. The number of nitrogens with zero attached hydrogens (tertiary/aromatic N) is 1. The molecule has 1 rings (SSSR count). The van der Waals surface area contributed by atoms with Crippen molar-refractivity contribution in [3.8, 4) is 0 Å². The lowest BCUT2D eigenvalue weighted by Gasteiger charge is -2.23. The maximum absolute atomic E-state index is 13.1. The molecule has 4 N–H and O–H groups in total. The minimum Gasteiger partial charge on any atom is -0.334 e. The molecule has 0 radical (unpaired) electrons. The van der Waals surface area contributed by atoms with Gasteiger partial charge in [0.15, 0.2) is 0 Å². The number of nitrogens with one attached hydrogen (secondary N) is 2. The number of urea groups is 1. The van der Waals surface area contributed by atoms with Crippen molar-refractivity contribution in [1.29, 1.82) is 0 Å². The molecule has 2 atom stereocenters. The summed E-state index contributed by atoms with van der Waals surface area (Å²) in [5.41, 5.74) is 5.01. The third-order valence-corrected chi connectivity index (χ3v) is 2.81. The van der Waals surface area contributed by atoms with Gasteiger partial charge in [-0.15, -0.1) is 0 Å². The molecule has 0 saturated carbocycles. The largest absolute Gasteiger partial charge is 0.334 e. The van der Waals surface area contributed by atoms with E-state index in [2.05, 4.69) is 10.6 Å². The van der Waals surface area contributed by atoms with Gasteiger partial charge < -0.3 is 16.4 Å². The number of hydrogen-bond acceptors (Lipinski definition) is 3. The van der Waals surface area contributed by atoms with E-state index in [1.807, 2.05) is 25.7 Å². The first-order valence-corrected chi connectivity index (χ1v) is 6.45. The quantitative estimate of drug-likeness (QED) is 0.687. The minimum atomic E-state index is -0.979. The molecule has 18 heavy (non-hydrogen) atoms. The standard InChI is InChI=1S/C12H25FN4O/c1-12(2,3)16-11(18)15-10-4-5-17(8-10)7-9(13)6-14/h9-10H,4-8,14H2,1-3H3,(H2,15,16,18)/t9-,10+/m0/s1. The van der Waals surface area contributed by atoms with Crippen LogP contribution in [0.1, 0.15) is 27.2 Å². The average molecular weight is 260 g/mol. The molecule has 0 spiro atoms. The Morgan fingerprint density at radius 2 is 2.22 bits per heavy atom. The van der Waals surface area contributed by atoms with Crippen LogP contribution in [0.5, 0.6) is 0 Å². The summed E-state index contributed by atoms with van der Waals surface area (Å²) in [5, 5.41) is 5.76. The molecule has 1 saturated heterocycles. The number of likely N-dealkylation sites (tertiary alicyclic amines) is 1. The number of alkyl halides is 1. The fourth-order valence-corrected chi connectivity index (χ4v) is 2.03. The molecule has 0 aromatic heterocycles. The second-order valence-corrected chi connectivity index (χ2v) is 5.93. The molecule has 0 unspecified atom stereocenters. The zero-order chi connectivity index (χ0) is 13.8. The monoisotopic (exact) mass is 260 g/mol. The molecule has 0 aliphatic carbocycles. The number of carbonyl (C=O) groups is 1. The Bertz CT molecular complexity index is 280. The van der Waals surface area contributed by atoms with E-state index in [0.717, 1.165) is 13.0 Å². The van der Waals surface area contributed by atoms with Crippen molar-refractivity contribution in [3.05, 3.63) is 0 Å². The van der Waals surface area contributed by atoms with Gasteiger partial charge >= 0.3 is 6.03 Å². The van der Waals surface area contributed by atoms with E-state index in [9.17, 15) is 9.18 Å². The SMILES string of the molecule is CC(C)(C)NC(=O)N[C@@H]1CCN(C[C@@H](F)CN)C1. The number of carbonyl (C=O) groups excluding carboxylic acids is 1. The normalized spacial score (nSPS) is 22.8. The molecule has 106 valence electrons. The number of hydrogen-bond donors (Lipinski definition) is 3. The lowest BCUT2D eigenvalue weighted by molar-refractivity contribution is 0.216. The molecule has 0 aromatic rings. The Morgan fingerprint density at radius 1 is 1.56 bits per heavy atom. The lowest BCUT2D eigenvalue weighted by Crippen LogP contribution is -2.50. The molecule has 0 aromatic carbocycles. The molecule has 1 fully saturated rings. The van der Waals surface area contributed by atoms with Crippen LogP contribution in [0.3, 0.4) is 0 Å². The van der Waals surface area contributed by atoms with E-state index in [4.69, 9.17) is 5.73 Å². The van der Waals surface area contributed by atoms with E-state index in [-0.39, 0.29) is 24.2 Å². The van der Waals surface area contributed by atoms with Crippen molar-refractivity contribution in [2.75, 3.05) is 26.2 Å². The summed E-state index contributed by atoms with van der Waals surface area (Å²) in [6.45, 7) is 7.71. The number of halogens is 1. The van der Waals surface area contributed by atoms with Gasteiger partial charge in [0.1, 0.15) is 6.17 Å². The van der Waals surface area contributed by atoms with Crippen molar-refractivity contribution in [2.24, 2.45) is 5.73 Å². The molecular weight excluding hydrogens is 235 g/mol. The van der Waals surface area contributed by atoms with Crippen LogP contribution < -0.4 is 16.4 Å². The van der Waals surface area contributed by atoms with Crippen molar-refractivity contribution in [2.45, 2.75) is 44.9 Å². The van der Waals surface area contributed by atoms with E-state index >= 15 is 0 Å². The van der Waals surface area contributed by atoms with Gasteiger partial charge in [-0.2, -0.15) is 0 Å². The average Bonchev–Trinajstić information content (AvgIpc) is 2.62. The highest BCUT2D eigenvalue weighted by Gasteiger charge is 2.26. The predicted octanol–water partition coefficient (Wildman–Crippen LogP) is 0.455. The molecule has 1 heterocycles. The third kappa shape index (κ3) is 5.64. The predicted molar refractivity (Wildman–Crippen MR) is 70.2 cm³/mol. The van der Waals surface area contributed by atoms with Crippen LogP contribution in [0, 0.1) is 0 Å². The molecule has 5 nitrogen and oxygen atoms in total. The van der Waals surface area contributed by atoms with E-state index in [1.54, 1.807) is 0 Å². The van der Waals surface area contributed by atoms with Crippen molar-refractivity contribution in [3.63, 3.8) is 0 Å². The smallest absolute Gasteiger partial charge is 0.315 e. The minimum absolute atomic E-state index is 0.0547. The second kappa shape index (κ2) is 6.33. The highest BCUT2D eigenvalue weighted by atomic mass is 19.1. The van der Waals surface area contributed by atoms with Crippen LogP contribution >= 0.6 is 0 Å². The Labute approximate surface area is 108 Å².